The van der Waals surface area contributed by atoms with Crippen molar-refractivity contribution in [3.63, 3.8) is 0 Å². The highest BCUT2D eigenvalue weighted by atomic mass is 35.5. The largest absolute Gasteiger partial charge is 0.298 e. The molecule has 15 heavy (non-hydrogen) atoms. The summed E-state index contributed by atoms with van der Waals surface area (Å²) in [6, 6.07) is 5.40. The van der Waals surface area contributed by atoms with Crippen molar-refractivity contribution in [1.82, 2.24) is 14.8 Å². The Morgan fingerprint density at radius 2 is 2.27 bits per heavy atom. The minimum atomic E-state index is 0.293. The maximum Gasteiger partial charge on any atom is 0.155 e. The van der Waals surface area contributed by atoms with Gasteiger partial charge in [-0.2, -0.15) is 5.10 Å². The Morgan fingerprint density at radius 1 is 1.47 bits per heavy atom. The zero-order valence-corrected chi connectivity index (χ0v) is 8.77. The summed E-state index contributed by atoms with van der Waals surface area (Å²) in [7, 11) is 0. The van der Waals surface area contributed by atoms with Gasteiger partial charge in [-0.25, -0.2) is 9.67 Å². The lowest BCUT2D eigenvalue weighted by atomic mass is 10.3. The molecular weight excluding hydrogens is 214 g/mol. The minimum absolute atomic E-state index is 0.293. The van der Waals surface area contributed by atoms with Gasteiger partial charge in [0, 0.05) is 6.20 Å². The van der Waals surface area contributed by atoms with E-state index in [4.69, 9.17) is 11.6 Å². The van der Waals surface area contributed by atoms with Crippen LogP contribution in [0.3, 0.4) is 0 Å². The number of hydrogen-bond donors (Lipinski definition) is 0. The Labute approximate surface area is 91.5 Å². The van der Waals surface area contributed by atoms with Gasteiger partial charge in [0.2, 0.25) is 0 Å². The molecule has 0 amide bonds. The highest BCUT2D eigenvalue weighted by Gasteiger charge is 2.13. The quantitative estimate of drug-likeness (QED) is 0.730. The molecule has 0 radical (unpaired) electrons. The lowest BCUT2D eigenvalue weighted by Gasteiger charge is -1.99. The molecule has 0 saturated heterocycles. The molecule has 0 aliphatic heterocycles. The lowest BCUT2D eigenvalue weighted by molar-refractivity contribution is 0.112. The van der Waals surface area contributed by atoms with Crippen LogP contribution in [0.25, 0.3) is 5.82 Å². The standard InChI is InChI=1S/C10H8ClN3O/c1-7-8(6-15)10(11)14(13-7)9-4-2-3-5-12-9/h2-6H,1H3. The number of nitrogens with zero attached hydrogens (tertiary/aromatic N) is 3. The SMILES string of the molecule is Cc1nn(-c2ccccn2)c(Cl)c1C=O. The molecule has 0 aromatic carbocycles. The van der Waals surface area contributed by atoms with Gasteiger partial charge in [-0.3, -0.25) is 4.79 Å². The number of aldehydes is 1. The first-order valence-electron chi connectivity index (χ1n) is 4.35. The first-order chi connectivity index (χ1) is 7.24. The van der Waals surface area contributed by atoms with Crippen molar-refractivity contribution in [3.8, 4) is 5.82 Å². The summed E-state index contributed by atoms with van der Waals surface area (Å²) in [5.41, 5.74) is 1.00. The molecule has 0 aliphatic carbocycles. The van der Waals surface area contributed by atoms with Crippen LogP contribution in [0.1, 0.15) is 16.1 Å². The second-order valence-corrected chi connectivity index (χ2v) is 3.37. The summed E-state index contributed by atoms with van der Waals surface area (Å²) in [5.74, 6) is 0.596. The van der Waals surface area contributed by atoms with Crippen LogP contribution in [0.5, 0.6) is 0 Å². The predicted molar refractivity (Wildman–Crippen MR) is 56.5 cm³/mol. The monoisotopic (exact) mass is 221 g/mol. The molecule has 0 atom stereocenters. The third kappa shape index (κ3) is 1.64. The van der Waals surface area contributed by atoms with Crippen molar-refractivity contribution < 1.29 is 4.79 Å². The molecule has 0 fully saturated rings. The number of carbonyl (C=O) groups excluding carboxylic acids is 1. The summed E-state index contributed by atoms with van der Waals surface area (Å²) in [4.78, 5) is 14.8. The second-order valence-electron chi connectivity index (χ2n) is 3.01. The smallest absolute Gasteiger partial charge is 0.155 e. The highest BCUT2D eigenvalue weighted by molar-refractivity contribution is 6.32. The van der Waals surface area contributed by atoms with E-state index in [0.29, 0.717) is 28.5 Å². The van der Waals surface area contributed by atoms with Crippen LogP contribution in [0.15, 0.2) is 24.4 Å². The molecule has 0 spiro atoms. The van der Waals surface area contributed by atoms with Crippen molar-refractivity contribution in [2.24, 2.45) is 0 Å². The van der Waals surface area contributed by atoms with Crippen LogP contribution in [0.2, 0.25) is 5.15 Å². The van der Waals surface area contributed by atoms with Crippen molar-refractivity contribution >= 4 is 17.9 Å². The Morgan fingerprint density at radius 3 is 2.80 bits per heavy atom. The summed E-state index contributed by atoms with van der Waals surface area (Å²) in [5, 5.41) is 4.44. The third-order valence-electron chi connectivity index (χ3n) is 2.03. The molecule has 2 heterocycles. The van der Waals surface area contributed by atoms with Crippen molar-refractivity contribution in [2.45, 2.75) is 6.92 Å². The third-order valence-corrected chi connectivity index (χ3v) is 2.40. The second kappa shape index (κ2) is 3.82. The van der Waals surface area contributed by atoms with Gasteiger partial charge >= 0.3 is 0 Å². The van der Waals surface area contributed by atoms with E-state index in [-0.39, 0.29) is 0 Å². The molecule has 0 saturated carbocycles. The highest BCUT2D eigenvalue weighted by Crippen LogP contribution is 2.20. The fourth-order valence-corrected chi connectivity index (χ4v) is 1.58. The van der Waals surface area contributed by atoms with Crippen LogP contribution in [-0.4, -0.2) is 21.1 Å². The number of carbonyl (C=O) groups is 1. The Bertz CT molecular complexity index is 493. The number of hydrogen-bond acceptors (Lipinski definition) is 3. The maximum atomic E-state index is 10.7. The molecule has 2 aromatic heterocycles. The Balaban J connectivity index is 2.60. The van der Waals surface area contributed by atoms with Crippen molar-refractivity contribution in [3.05, 3.63) is 40.8 Å². The average molecular weight is 222 g/mol. The van der Waals surface area contributed by atoms with Crippen LogP contribution in [0.4, 0.5) is 0 Å². The molecule has 0 bridgehead atoms. The number of pyridine rings is 1. The minimum Gasteiger partial charge on any atom is -0.298 e. The topological polar surface area (TPSA) is 47.8 Å². The molecule has 2 aromatic rings. The molecule has 76 valence electrons. The molecule has 0 N–H and O–H groups in total. The summed E-state index contributed by atoms with van der Waals surface area (Å²) in [6.07, 6.45) is 2.34. The first-order valence-corrected chi connectivity index (χ1v) is 4.73. The predicted octanol–water partition coefficient (Wildman–Crippen LogP) is 2.04. The zero-order chi connectivity index (χ0) is 10.8. The van der Waals surface area contributed by atoms with Gasteiger partial charge in [-0.05, 0) is 19.1 Å². The van der Waals surface area contributed by atoms with E-state index in [9.17, 15) is 4.79 Å². The maximum absolute atomic E-state index is 10.7. The average Bonchev–Trinajstić information content (AvgIpc) is 2.55. The molecule has 5 heteroatoms. The van der Waals surface area contributed by atoms with Crippen molar-refractivity contribution in [1.29, 1.82) is 0 Å². The van der Waals surface area contributed by atoms with E-state index in [2.05, 4.69) is 10.1 Å². The van der Waals surface area contributed by atoms with E-state index in [1.807, 2.05) is 6.07 Å². The molecule has 0 aliphatic rings. The van der Waals surface area contributed by atoms with Crippen LogP contribution in [0, 0.1) is 6.92 Å². The van der Waals surface area contributed by atoms with Gasteiger partial charge in [0.15, 0.2) is 12.1 Å². The fourth-order valence-electron chi connectivity index (χ4n) is 1.28. The lowest BCUT2D eigenvalue weighted by Crippen LogP contribution is -1.98. The first kappa shape index (κ1) is 9.86. The Kier molecular flexibility index (Phi) is 2.51. The van der Waals surface area contributed by atoms with Gasteiger partial charge < -0.3 is 0 Å². The molecule has 2 rings (SSSR count). The van der Waals surface area contributed by atoms with E-state index >= 15 is 0 Å². The van der Waals surface area contributed by atoms with Crippen LogP contribution in [-0.2, 0) is 0 Å². The fraction of sp³-hybridized carbons (Fsp3) is 0.100. The molecular formula is C10H8ClN3O. The number of aromatic nitrogens is 3. The summed E-state index contributed by atoms with van der Waals surface area (Å²) < 4.78 is 1.45. The van der Waals surface area contributed by atoms with Gasteiger partial charge in [0.05, 0.1) is 11.3 Å². The van der Waals surface area contributed by atoms with Crippen LogP contribution < -0.4 is 0 Å². The van der Waals surface area contributed by atoms with Gasteiger partial charge in [-0.15, -0.1) is 0 Å². The normalized spacial score (nSPS) is 10.3. The van der Waals surface area contributed by atoms with E-state index in [0.717, 1.165) is 0 Å². The number of rotatable bonds is 2. The van der Waals surface area contributed by atoms with Gasteiger partial charge in [0.1, 0.15) is 5.15 Å². The summed E-state index contributed by atoms with van der Waals surface area (Å²) in [6.45, 7) is 1.73. The Hall–Kier alpha value is -1.68. The van der Waals surface area contributed by atoms with Crippen molar-refractivity contribution in [2.75, 3.05) is 0 Å². The zero-order valence-electron chi connectivity index (χ0n) is 8.01. The van der Waals surface area contributed by atoms with E-state index in [1.165, 1.54) is 4.68 Å². The molecule has 0 unspecified atom stereocenters. The van der Waals surface area contributed by atoms with Gasteiger partial charge in [0.25, 0.3) is 0 Å². The summed E-state index contributed by atoms with van der Waals surface area (Å²) >= 11 is 5.99. The molecule has 4 nitrogen and oxygen atoms in total. The van der Waals surface area contributed by atoms with Gasteiger partial charge in [-0.1, -0.05) is 17.7 Å². The number of halogens is 1. The van der Waals surface area contributed by atoms with E-state index in [1.54, 1.807) is 25.3 Å². The van der Waals surface area contributed by atoms with E-state index < -0.39 is 0 Å². The van der Waals surface area contributed by atoms with Crippen LogP contribution >= 0.6 is 11.6 Å². The number of aryl methyl sites for hydroxylation is 1.